The van der Waals surface area contributed by atoms with Gasteiger partial charge in [-0.2, -0.15) is 0 Å². The predicted octanol–water partition coefficient (Wildman–Crippen LogP) is 24.2. The fourth-order valence-corrected chi connectivity index (χ4v) is 13.2. The van der Waals surface area contributed by atoms with Crippen molar-refractivity contribution in [3.63, 3.8) is 0 Å². The molecule has 17 nitrogen and oxygen atoms in total. The number of aliphatic hydroxyl groups is 1. The second kappa shape index (κ2) is 76.0. The van der Waals surface area contributed by atoms with E-state index in [4.69, 9.17) is 37.0 Å². The van der Waals surface area contributed by atoms with Crippen LogP contribution in [-0.4, -0.2) is 96.7 Å². The van der Waals surface area contributed by atoms with E-state index >= 15 is 0 Å². The minimum Gasteiger partial charge on any atom is -0.462 e. The molecule has 0 spiro atoms. The smallest absolute Gasteiger partial charge is 0.462 e. The predicted molar refractivity (Wildman–Crippen MR) is 418 cm³/mol. The van der Waals surface area contributed by atoms with Crippen molar-refractivity contribution in [3.8, 4) is 0 Å². The summed E-state index contributed by atoms with van der Waals surface area (Å²) in [5.41, 5.74) is 0. The van der Waals surface area contributed by atoms with Crippen LogP contribution in [0.2, 0.25) is 0 Å². The van der Waals surface area contributed by atoms with E-state index in [-0.39, 0.29) is 25.7 Å². The van der Waals surface area contributed by atoms with Gasteiger partial charge in [-0.3, -0.25) is 37.3 Å². The molecule has 0 heterocycles. The summed E-state index contributed by atoms with van der Waals surface area (Å²) in [4.78, 5) is 73.1. The van der Waals surface area contributed by atoms with E-state index in [9.17, 15) is 43.2 Å². The molecule has 0 aromatic rings. The number of rotatable bonds is 79. The van der Waals surface area contributed by atoms with Crippen molar-refractivity contribution in [1.82, 2.24) is 0 Å². The van der Waals surface area contributed by atoms with Crippen molar-refractivity contribution in [2.75, 3.05) is 39.6 Å². The lowest BCUT2D eigenvalue weighted by Crippen LogP contribution is -2.30. The maximum Gasteiger partial charge on any atom is 0.472 e. The van der Waals surface area contributed by atoms with Crippen LogP contribution in [0, 0.1) is 0 Å². The van der Waals surface area contributed by atoms with Gasteiger partial charge in [-0.1, -0.05) is 332 Å². The zero-order valence-electron chi connectivity index (χ0n) is 65.3. The molecule has 0 radical (unpaired) electrons. The summed E-state index contributed by atoms with van der Waals surface area (Å²) in [6.45, 7) is 4.87. The van der Waals surface area contributed by atoms with Crippen LogP contribution < -0.4 is 0 Å². The van der Waals surface area contributed by atoms with Gasteiger partial charge in [0.15, 0.2) is 12.2 Å². The molecule has 0 aromatic carbocycles. The summed E-state index contributed by atoms with van der Waals surface area (Å²) < 4.78 is 68.7. The highest BCUT2D eigenvalue weighted by Crippen LogP contribution is 2.45. The molecule has 0 aliphatic heterocycles. The average molecular weight is 1480 g/mol. The van der Waals surface area contributed by atoms with Gasteiger partial charge in [-0.25, -0.2) is 9.13 Å². The lowest BCUT2D eigenvalue weighted by molar-refractivity contribution is -0.161. The summed E-state index contributed by atoms with van der Waals surface area (Å²) >= 11 is 0. The summed E-state index contributed by atoms with van der Waals surface area (Å²) in [5, 5.41) is 10.6. The van der Waals surface area contributed by atoms with E-state index in [0.29, 0.717) is 32.1 Å². The number of ether oxygens (including phenoxy) is 4. The van der Waals surface area contributed by atoms with E-state index in [1.807, 2.05) is 12.2 Å². The zero-order chi connectivity index (χ0) is 74.6. The van der Waals surface area contributed by atoms with Crippen molar-refractivity contribution in [2.24, 2.45) is 0 Å². The minimum absolute atomic E-state index is 0.0225. The zero-order valence-corrected chi connectivity index (χ0v) is 67.1. The Morgan fingerprint density at radius 3 is 0.814 bits per heavy atom. The number of unbranched alkanes of at least 4 members (excludes halogenated alkanes) is 43. The molecule has 596 valence electrons. The van der Waals surface area contributed by atoms with Gasteiger partial charge in [0, 0.05) is 25.7 Å². The quantitative estimate of drug-likeness (QED) is 0.0169. The first-order chi connectivity index (χ1) is 49.7. The number of phosphoric ester groups is 2. The molecule has 0 amide bonds. The van der Waals surface area contributed by atoms with Crippen LogP contribution in [0.25, 0.3) is 0 Å². The molecule has 2 unspecified atom stereocenters. The fourth-order valence-electron chi connectivity index (χ4n) is 11.6. The third kappa shape index (κ3) is 75.0. The number of aliphatic hydroxyl groups excluding tert-OH is 1. The van der Waals surface area contributed by atoms with E-state index in [1.54, 1.807) is 0 Å². The maximum atomic E-state index is 13.1. The van der Waals surface area contributed by atoms with Crippen LogP contribution in [-0.2, 0) is 65.4 Å². The summed E-state index contributed by atoms with van der Waals surface area (Å²) in [6, 6.07) is 0. The normalized spacial score (nSPS) is 14.1. The summed E-state index contributed by atoms with van der Waals surface area (Å²) in [7, 11) is -9.96. The number of allylic oxidation sites excluding steroid dienone is 10. The molecule has 102 heavy (non-hydrogen) atoms. The number of esters is 4. The van der Waals surface area contributed by atoms with Crippen LogP contribution in [0.15, 0.2) is 60.8 Å². The number of carbonyl (C=O) groups excluding carboxylic acids is 4. The Kier molecular flexibility index (Phi) is 73.6. The Labute approximate surface area is 622 Å². The van der Waals surface area contributed by atoms with E-state index in [2.05, 4.69) is 76.3 Å². The Morgan fingerprint density at radius 1 is 0.275 bits per heavy atom. The first-order valence-electron chi connectivity index (χ1n) is 41.5. The SMILES string of the molecule is CCCCC/C=C\C/C=C\C/C=C\C/C=C\CCCC(=O)O[C@H](COC(=O)CCCCCCCCC/C=C\CCCCCC)COP(=O)(O)OC[C@@H](O)COP(=O)(O)OC[C@@H](COC(=O)CCCCCCCCCCCCCCCCC)OC(=O)CCCCCCCCCCCCCCCCC. The van der Waals surface area contributed by atoms with Gasteiger partial charge >= 0.3 is 39.5 Å². The fraction of sp³-hybridized carbons (Fsp3) is 0.831. The third-order valence-corrected chi connectivity index (χ3v) is 19.9. The third-order valence-electron chi connectivity index (χ3n) is 18.0. The summed E-state index contributed by atoms with van der Waals surface area (Å²) in [5.74, 6) is -2.20. The minimum atomic E-state index is -4.99. The lowest BCUT2D eigenvalue weighted by Gasteiger charge is -2.21. The number of phosphoric acid groups is 2. The van der Waals surface area contributed by atoms with Gasteiger partial charge in [-0.05, 0) is 89.9 Å². The van der Waals surface area contributed by atoms with Crippen LogP contribution in [0.4, 0.5) is 0 Å². The van der Waals surface area contributed by atoms with Gasteiger partial charge in [0.05, 0.1) is 26.4 Å². The Morgan fingerprint density at radius 2 is 0.490 bits per heavy atom. The van der Waals surface area contributed by atoms with Gasteiger partial charge in [0.2, 0.25) is 0 Å². The molecule has 3 N–H and O–H groups in total. The van der Waals surface area contributed by atoms with Crippen molar-refractivity contribution in [3.05, 3.63) is 60.8 Å². The maximum absolute atomic E-state index is 13.1. The Bertz CT molecular complexity index is 2170. The molecule has 0 aliphatic rings. The Hall–Kier alpha value is -3.24. The molecule has 0 aliphatic carbocycles. The van der Waals surface area contributed by atoms with Crippen molar-refractivity contribution in [2.45, 2.75) is 406 Å². The molecular formula is C83H152O17P2. The van der Waals surface area contributed by atoms with Crippen LogP contribution in [0.5, 0.6) is 0 Å². The highest BCUT2D eigenvalue weighted by Gasteiger charge is 2.30. The summed E-state index contributed by atoms with van der Waals surface area (Å²) in [6.07, 6.45) is 76.2. The van der Waals surface area contributed by atoms with Gasteiger partial charge in [0.1, 0.15) is 19.3 Å². The van der Waals surface area contributed by atoms with Crippen LogP contribution in [0.1, 0.15) is 387 Å². The first kappa shape index (κ1) is 98.8. The molecule has 0 bridgehead atoms. The standard InChI is InChI=1S/C83H152O17P2/c1-5-9-13-17-21-25-29-33-37-38-42-46-50-54-58-62-66-70-83(88)100-79(74-94-81(86)68-64-60-56-52-48-44-40-35-31-27-23-19-15-11-7-3)76-98-102(91,92)96-72-77(84)71-95-101(89,90)97-75-78(99-82(87)69-65-61-57-53-49-45-41-36-32-28-24-20-16-12-8-4)73-93-80(85)67-63-59-55-51-47-43-39-34-30-26-22-18-14-10-6-2/h21,25,27,31,33,37,42,46,54,58,77-79,84H,5-20,22-24,26,28-30,32,34-36,38-41,43-45,47-53,55-57,59-76H2,1-4H3,(H,89,90)(H,91,92)/b25-21-,31-27-,37-33-,46-42-,58-54-/t77-,78+,79+/m0/s1. The second-order valence-corrected chi connectivity index (χ2v) is 31.0. The van der Waals surface area contributed by atoms with Gasteiger partial charge < -0.3 is 33.8 Å². The lowest BCUT2D eigenvalue weighted by atomic mass is 10.0. The number of carbonyl (C=O) groups is 4. The molecule has 0 aromatic heterocycles. The molecule has 0 fully saturated rings. The van der Waals surface area contributed by atoms with Gasteiger partial charge in [0.25, 0.3) is 0 Å². The topological polar surface area (TPSA) is 237 Å². The number of hydrogen-bond acceptors (Lipinski definition) is 15. The first-order valence-corrected chi connectivity index (χ1v) is 44.5. The van der Waals surface area contributed by atoms with Crippen LogP contribution >= 0.6 is 15.6 Å². The number of hydrogen-bond donors (Lipinski definition) is 3. The van der Waals surface area contributed by atoms with E-state index in [0.717, 1.165) is 109 Å². The Balaban J connectivity index is 5.37. The molecule has 5 atom stereocenters. The van der Waals surface area contributed by atoms with Gasteiger partial charge in [-0.15, -0.1) is 0 Å². The monoisotopic (exact) mass is 1480 g/mol. The highest BCUT2D eigenvalue weighted by atomic mass is 31.2. The molecule has 19 heteroatoms. The molecular weight excluding hydrogens is 1330 g/mol. The van der Waals surface area contributed by atoms with E-state index in [1.165, 1.54) is 193 Å². The molecule has 0 rings (SSSR count). The average Bonchev–Trinajstić information content (AvgIpc) is 0.917. The second-order valence-electron chi connectivity index (χ2n) is 28.1. The van der Waals surface area contributed by atoms with Crippen molar-refractivity contribution >= 4 is 39.5 Å². The largest absolute Gasteiger partial charge is 0.472 e. The highest BCUT2D eigenvalue weighted by molar-refractivity contribution is 7.47. The van der Waals surface area contributed by atoms with Crippen molar-refractivity contribution < 1.29 is 80.2 Å². The van der Waals surface area contributed by atoms with Crippen LogP contribution in [0.3, 0.4) is 0 Å². The molecule has 0 saturated heterocycles. The molecule has 0 saturated carbocycles. The van der Waals surface area contributed by atoms with E-state index < -0.39 is 97.5 Å². The van der Waals surface area contributed by atoms with Crippen molar-refractivity contribution in [1.29, 1.82) is 0 Å².